The minimum Gasteiger partial charge on any atom is -0.479 e. The van der Waals surface area contributed by atoms with Gasteiger partial charge in [0, 0.05) is 16.0 Å². The molecule has 0 unspecified atom stereocenters. The number of carboxylic acid groups (broad SMARTS) is 1. The van der Waals surface area contributed by atoms with Crippen LogP contribution in [-0.4, -0.2) is 26.6 Å². The zero-order valence-electron chi connectivity index (χ0n) is 9.41. The van der Waals surface area contributed by atoms with Crippen LogP contribution in [0.15, 0.2) is 29.6 Å². The second kappa shape index (κ2) is 5.77. The van der Waals surface area contributed by atoms with Gasteiger partial charge >= 0.3 is 5.97 Å². The van der Waals surface area contributed by atoms with Crippen LogP contribution in [0.3, 0.4) is 0 Å². The number of carboxylic acids is 1. The van der Waals surface area contributed by atoms with Crippen molar-refractivity contribution in [3.8, 4) is 0 Å². The van der Waals surface area contributed by atoms with E-state index in [9.17, 15) is 14.7 Å². The van der Waals surface area contributed by atoms with Gasteiger partial charge in [0.25, 0.3) is 5.91 Å². The van der Waals surface area contributed by atoms with Crippen LogP contribution in [0.25, 0.3) is 0 Å². The molecule has 2 N–H and O–H groups in total. The Morgan fingerprint density at radius 1 is 1.37 bits per heavy atom. The normalized spacial score (nSPS) is 11.8. The molecular formula is C11H8ClN3O3S. The Labute approximate surface area is 117 Å². The van der Waals surface area contributed by atoms with Gasteiger partial charge in [-0.3, -0.25) is 4.79 Å². The topological polar surface area (TPSA) is 92.2 Å². The van der Waals surface area contributed by atoms with E-state index in [0.717, 1.165) is 11.5 Å². The summed E-state index contributed by atoms with van der Waals surface area (Å²) in [6, 6.07) is 5.19. The number of carbonyl (C=O) groups excluding carboxylic acids is 1. The SMILES string of the molecule is O=C(N[C@@H](C(=O)O)c1ccccc1Cl)c1csnn1. The van der Waals surface area contributed by atoms with Crippen molar-refractivity contribution in [2.75, 3.05) is 0 Å². The molecule has 1 aromatic carbocycles. The van der Waals surface area contributed by atoms with E-state index in [1.54, 1.807) is 24.3 Å². The number of rotatable bonds is 4. The van der Waals surface area contributed by atoms with E-state index in [4.69, 9.17) is 11.6 Å². The number of hydrogen-bond donors (Lipinski definition) is 2. The largest absolute Gasteiger partial charge is 0.479 e. The first-order chi connectivity index (χ1) is 9.09. The molecule has 0 bridgehead atoms. The molecule has 2 rings (SSSR count). The van der Waals surface area contributed by atoms with Crippen molar-refractivity contribution in [3.05, 3.63) is 45.9 Å². The smallest absolute Gasteiger partial charge is 0.330 e. The molecule has 1 heterocycles. The van der Waals surface area contributed by atoms with Gasteiger partial charge < -0.3 is 10.4 Å². The van der Waals surface area contributed by atoms with Gasteiger partial charge in [0.15, 0.2) is 11.7 Å². The highest BCUT2D eigenvalue weighted by atomic mass is 35.5. The number of benzene rings is 1. The first-order valence-corrected chi connectivity index (χ1v) is 6.36. The van der Waals surface area contributed by atoms with Crippen molar-refractivity contribution in [2.24, 2.45) is 0 Å². The average Bonchev–Trinajstić information content (AvgIpc) is 2.90. The van der Waals surface area contributed by atoms with Crippen LogP contribution in [0, 0.1) is 0 Å². The molecule has 1 atom stereocenters. The van der Waals surface area contributed by atoms with E-state index in [1.807, 2.05) is 0 Å². The predicted octanol–water partition coefficient (Wildman–Crippen LogP) is 1.75. The molecule has 8 heteroatoms. The van der Waals surface area contributed by atoms with Crippen molar-refractivity contribution in [1.29, 1.82) is 0 Å². The summed E-state index contributed by atoms with van der Waals surface area (Å²) in [5.74, 6) is -1.81. The van der Waals surface area contributed by atoms with E-state index < -0.39 is 17.9 Å². The monoisotopic (exact) mass is 297 g/mol. The molecule has 0 aliphatic heterocycles. The summed E-state index contributed by atoms with van der Waals surface area (Å²) in [5, 5.41) is 16.8. The Balaban J connectivity index is 2.25. The van der Waals surface area contributed by atoms with Gasteiger partial charge in [-0.1, -0.05) is 34.3 Å². The lowest BCUT2D eigenvalue weighted by molar-refractivity contribution is -0.139. The Hall–Kier alpha value is -1.99. The van der Waals surface area contributed by atoms with Gasteiger partial charge in [-0.15, -0.1) is 5.10 Å². The van der Waals surface area contributed by atoms with Crippen molar-refractivity contribution in [3.63, 3.8) is 0 Å². The third-order valence-electron chi connectivity index (χ3n) is 2.33. The van der Waals surface area contributed by atoms with Crippen LogP contribution in [0.1, 0.15) is 22.1 Å². The molecule has 0 fully saturated rings. The summed E-state index contributed by atoms with van der Waals surface area (Å²) in [4.78, 5) is 23.0. The highest BCUT2D eigenvalue weighted by molar-refractivity contribution is 7.03. The van der Waals surface area contributed by atoms with E-state index in [2.05, 4.69) is 14.9 Å². The number of nitrogens with zero attached hydrogens (tertiary/aromatic N) is 2. The Bertz CT molecular complexity index is 603. The highest BCUT2D eigenvalue weighted by Gasteiger charge is 2.25. The fourth-order valence-corrected chi connectivity index (χ4v) is 2.13. The molecule has 19 heavy (non-hydrogen) atoms. The number of hydrogen-bond acceptors (Lipinski definition) is 5. The Morgan fingerprint density at radius 2 is 2.11 bits per heavy atom. The zero-order valence-corrected chi connectivity index (χ0v) is 11.0. The number of aromatic nitrogens is 2. The van der Waals surface area contributed by atoms with Crippen molar-refractivity contribution in [1.82, 2.24) is 14.9 Å². The van der Waals surface area contributed by atoms with Crippen LogP contribution in [0.2, 0.25) is 5.02 Å². The molecule has 0 saturated heterocycles. The number of amides is 1. The summed E-state index contributed by atoms with van der Waals surface area (Å²) in [7, 11) is 0. The van der Waals surface area contributed by atoms with Crippen LogP contribution in [-0.2, 0) is 4.79 Å². The summed E-state index contributed by atoms with van der Waals surface area (Å²) in [6.07, 6.45) is 0. The molecule has 98 valence electrons. The lowest BCUT2D eigenvalue weighted by Crippen LogP contribution is -2.34. The van der Waals surface area contributed by atoms with E-state index in [1.165, 1.54) is 5.38 Å². The van der Waals surface area contributed by atoms with Crippen LogP contribution in [0.5, 0.6) is 0 Å². The number of nitrogens with one attached hydrogen (secondary N) is 1. The zero-order chi connectivity index (χ0) is 13.8. The molecule has 0 spiro atoms. The Morgan fingerprint density at radius 3 is 2.68 bits per heavy atom. The van der Waals surface area contributed by atoms with Crippen molar-refractivity contribution in [2.45, 2.75) is 6.04 Å². The minimum atomic E-state index is -1.23. The fourth-order valence-electron chi connectivity index (χ4n) is 1.45. The maximum atomic E-state index is 11.8. The maximum Gasteiger partial charge on any atom is 0.330 e. The predicted molar refractivity (Wildman–Crippen MR) is 69.2 cm³/mol. The molecule has 0 aliphatic carbocycles. The van der Waals surface area contributed by atoms with E-state index >= 15 is 0 Å². The third-order valence-corrected chi connectivity index (χ3v) is 3.18. The number of carbonyl (C=O) groups is 2. The quantitative estimate of drug-likeness (QED) is 0.897. The summed E-state index contributed by atoms with van der Waals surface area (Å²) < 4.78 is 3.54. The van der Waals surface area contributed by atoms with Crippen LogP contribution < -0.4 is 5.32 Å². The van der Waals surface area contributed by atoms with E-state index in [0.29, 0.717) is 5.56 Å². The number of halogens is 1. The molecule has 2 aromatic rings. The molecule has 6 nitrogen and oxygen atoms in total. The van der Waals surface area contributed by atoms with Crippen molar-refractivity contribution < 1.29 is 14.7 Å². The third kappa shape index (κ3) is 3.07. The number of aliphatic carboxylic acids is 1. The average molecular weight is 298 g/mol. The van der Waals surface area contributed by atoms with Crippen molar-refractivity contribution >= 4 is 35.0 Å². The fraction of sp³-hybridized carbons (Fsp3) is 0.0909. The molecule has 1 amide bonds. The maximum absolute atomic E-state index is 11.8. The lowest BCUT2D eigenvalue weighted by Gasteiger charge is -2.15. The standard InChI is InChI=1S/C11H8ClN3O3S/c12-7-4-2-1-3-6(7)9(11(17)18)13-10(16)8-5-19-15-14-8/h1-5,9H,(H,13,16)(H,17,18)/t9-/m1/s1. The molecule has 1 aromatic heterocycles. The highest BCUT2D eigenvalue weighted by Crippen LogP contribution is 2.23. The molecular weight excluding hydrogens is 290 g/mol. The second-order valence-corrected chi connectivity index (χ2v) is 4.57. The molecule has 0 radical (unpaired) electrons. The van der Waals surface area contributed by atoms with Crippen LogP contribution in [0.4, 0.5) is 0 Å². The molecule has 0 aliphatic rings. The lowest BCUT2D eigenvalue weighted by atomic mass is 10.1. The van der Waals surface area contributed by atoms with Crippen LogP contribution >= 0.6 is 23.1 Å². The van der Waals surface area contributed by atoms with Gasteiger partial charge in [0.05, 0.1) is 0 Å². The summed E-state index contributed by atoms with van der Waals surface area (Å²) >= 11 is 6.94. The van der Waals surface area contributed by atoms with Gasteiger partial charge in [0.2, 0.25) is 0 Å². The van der Waals surface area contributed by atoms with Gasteiger partial charge in [-0.2, -0.15) is 0 Å². The van der Waals surface area contributed by atoms with Gasteiger partial charge in [0.1, 0.15) is 0 Å². The first kappa shape index (κ1) is 13.4. The van der Waals surface area contributed by atoms with Gasteiger partial charge in [-0.05, 0) is 17.6 Å². The summed E-state index contributed by atoms with van der Waals surface area (Å²) in [5.41, 5.74) is 0.386. The minimum absolute atomic E-state index is 0.0725. The Kier molecular flexibility index (Phi) is 4.08. The van der Waals surface area contributed by atoms with Gasteiger partial charge in [-0.25, -0.2) is 4.79 Å². The first-order valence-electron chi connectivity index (χ1n) is 5.14. The molecule has 0 saturated carbocycles. The van der Waals surface area contributed by atoms with E-state index in [-0.39, 0.29) is 10.7 Å². The second-order valence-electron chi connectivity index (χ2n) is 3.56. The summed E-state index contributed by atoms with van der Waals surface area (Å²) in [6.45, 7) is 0.